The van der Waals surface area contributed by atoms with Gasteiger partial charge in [0, 0.05) is 36.0 Å². The second kappa shape index (κ2) is 5.66. The van der Waals surface area contributed by atoms with E-state index in [1.807, 2.05) is 18.5 Å². The maximum Gasteiger partial charge on any atom is 0.112 e. The Morgan fingerprint density at radius 3 is 2.75 bits per heavy atom. The highest BCUT2D eigenvalue weighted by molar-refractivity contribution is 9.10. The Labute approximate surface area is 127 Å². The van der Waals surface area contributed by atoms with Crippen molar-refractivity contribution in [3.63, 3.8) is 0 Å². The molecule has 2 N–H and O–H groups in total. The van der Waals surface area contributed by atoms with Crippen molar-refractivity contribution in [2.45, 2.75) is 37.8 Å². The van der Waals surface area contributed by atoms with Gasteiger partial charge in [0.15, 0.2) is 0 Å². The quantitative estimate of drug-likeness (QED) is 0.916. The molecule has 20 heavy (non-hydrogen) atoms. The van der Waals surface area contributed by atoms with Crippen molar-refractivity contribution in [3.05, 3.63) is 29.0 Å². The van der Waals surface area contributed by atoms with Gasteiger partial charge in [0.2, 0.25) is 0 Å². The van der Waals surface area contributed by atoms with Crippen LogP contribution in [0.3, 0.4) is 0 Å². The highest BCUT2D eigenvalue weighted by Crippen LogP contribution is 2.30. The first kappa shape index (κ1) is 13.8. The summed E-state index contributed by atoms with van der Waals surface area (Å²) in [5.41, 5.74) is 9.05. The molecule has 2 aromatic rings. The highest BCUT2D eigenvalue weighted by atomic mass is 79.9. The third kappa shape index (κ3) is 2.65. The maximum absolute atomic E-state index is 6.00. The van der Waals surface area contributed by atoms with Crippen molar-refractivity contribution in [1.82, 2.24) is 9.97 Å². The molecule has 1 aliphatic carbocycles. The van der Waals surface area contributed by atoms with E-state index in [4.69, 9.17) is 5.73 Å². The van der Waals surface area contributed by atoms with Crippen molar-refractivity contribution in [1.29, 1.82) is 0 Å². The van der Waals surface area contributed by atoms with Crippen LogP contribution in [0.1, 0.15) is 25.7 Å². The second-order valence-electron chi connectivity index (χ2n) is 5.53. The van der Waals surface area contributed by atoms with Gasteiger partial charge in [-0.15, -0.1) is 0 Å². The number of rotatable bonds is 2. The summed E-state index contributed by atoms with van der Waals surface area (Å²) < 4.78 is 0.959. The molecule has 0 saturated heterocycles. The molecule has 2 aromatic heterocycles. The summed E-state index contributed by atoms with van der Waals surface area (Å²) in [4.78, 5) is 11.3. The zero-order valence-electron chi connectivity index (χ0n) is 11.6. The number of anilines is 1. The van der Waals surface area contributed by atoms with Crippen LogP contribution in [0.5, 0.6) is 0 Å². The Morgan fingerprint density at radius 1 is 1.25 bits per heavy atom. The summed E-state index contributed by atoms with van der Waals surface area (Å²) >= 11 is 3.45. The minimum absolute atomic E-state index is 0.378. The Bertz CT molecular complexity index is 608. The molecule has 0 aliphatic heterocycles. The van der Waals surface area contributed by atoms with E-state index in [1.54, 1.807) is 0 Å². The molecule has 0 bridgehead atoms. The maximum atomic E-state index is 6.00. The smallest absolute Gasteiger partial charge is 0.112 e. The molecule has 1 saturated carbocycles. The summed E-state index contributed by atoms with van der Waals surface area (Å²) in [6.45, 7) is 0. The van der Waals surface area contributed by atoms with Crippen LogP contribution in [0, 0.1) is 0 Å². The van der Waals surface area contributed by atoms with Gasteiger partial charge in [-0.2, -0.15) is 0 Å². The molecule has 106 valence electrons. The summed E-state index contributed by atoms with van der Waals surface area (Å²) in [5.74, 6) is 0. The van der Waals surface area contributed by atoms with Crippen molar-refractivity contribution >= 4 is 32.7 Å². The summed E-state index contributed by atoms with van der Waals surface area (Å²) in [7, 11) is 2.15. The van der Waals surface area contributed by atoms with Crippen LogP contribution in [0.25, 0.3) is 11.0 Å². The van der Waals surface area contributed by atoms with Crippen LogP contribution >= 0.6 is 15.9 Å². The van der Waals surface area contributed by atoms with Gasteiger partial charge in [0.1, 0.15) is 5.52 Å². The van der Waals surface area contributed by atoms with Crippen LogP contribution in [0.15, 0.2) is 29.0 Å². The van der Waals surface area contributed by atoms with E-state index in [2.05, 4.69) is 43.9 Å². The fraction of sp³-hybridized carbons (Fsp3) is 0.467. The predicted octanol–water partition coefficient (Wildman–Crippen LogP) is 3.10. The topological polar surface area (TPSA) is 55.0 Å². The Hall–Kier alpha value is -1.20. The first-order valence-electron chi connectivity index (χ1n) is 7.04. The van der Waals surface area contributed by atoms with Gasteiger partial charge in [-0.25, -0.2) is 0 Å². The van der Waals surface area contributed by atoms with Gasteiger partial charge in [-0.1, -0.05) is 0 Å². The van der Waals surface area contributed by atoms with Gasteiger partial charge >= 0.3 is 0 Å². The Morgan fingerprint density at radius 2 is 2.00 bits per heavy atom. The molecular weight excluding hydrogens is 316 g/mol. The number of hydrogen-bond acceptors (Lipinski definition) is 4. The minimum Gasteiger partial charge on any atom is -0.370 e. The molecule has 0 atom stereocenters. The molecule has 3 rings (SSSR count). The number of pyridine rings is 2. The second-order valence-corrected chi connectivity index (χ2v) is 6.45. The molecule has 0 aromatic carbocycles. The van der Waals surface area contributed by atoms with E-state index in [1.165, 1.54) is 0 Å². The average molecular weight is 335 g/mol. The fourth-order valence-electron chi connectivity index (χ4n) is 2.96. The Kier molecular flexibility index (Phi) is 3.89. The van der Waals surface area contributed by atoms with Crippen molar-refractivity contribution in [2.24, 2.45) is 5.73 Å². The number of nitrogens with two attached hydrogens (primary N) is 1. The lowest BCUT2D eigenvalue weighted by atomic mass is 9.91. The van der Waals surface area contributed by atoms with Gasteiger partial charge in [0.25, 0.3) is 0 Å². The number of aromatic nitrogens is 2. The standard InChI is InChI=1S/C15H19BrN4/c1-20(12-4-2-11(17)3-5-12)14-6-7-18-13-8-10(16)9-19-15(13)14/h6-9,11-12H,2-5,17H2,1H3. The first-order valence-corrected chi connectivity index (χ1v) is 7.83. The molecule has 5 heteroatoms. The average Bonchev–Trinajstić information content (AvgIpc) is 2.46. The van der Waals surface area contributed by atoms with Crippen LogP contribution in [0.4, 0.5) is 5.69 Å². The zero-order valence-corrected chi connectivity index (χ0v) is 13.2. The third-order valence-corrected chi connectivity index (χ3v) is 4.63. The minimum atomic E-state index is 0.378. The van der Waals surface area contributed by atoms with Gasteiger partial charge in [0.05, 0.1) is 11.2 Å². The number of fused-ring (bicyclic) bond motifs is 1. The van der Waals surface area contributed by atoms with Gasteiger partial charge < -0.3 is 10.6 Å². The largest absolute Gasteiger partial charge is 0.370 e. The van der Waals surface area contributed by atoms with E-state index in [9.17, 15) is 0 Å². The number of halogens is 1. The summed E-state index contributed by atoms with van der Waals surface area (Å²) in [5, 5.41) is 0. The monoisotopic (exact) mass is 334 g/mol. The molecular formula is C15H19BrN4. The van der Waals surface area contributed by atoms with Crippen LogP contribution < -0.4 is 10.6 Å². The lowest BCUT2D eigenvalue weighted by Crippen LogP contribution is -2.38. The molecule has 0 amide bonds. The van der Waals surface area contributed by atoms with E-state index in [-0.39, 0.29) is 0 Å². The van der Waals surface area contributed by atoms with Crippen LogP contribution in [-0.2, 0) is 0 Å². The van der Waals surface area contributed by atoms with E-state index in [0.29, 0.717) is 12.1 Å². The number of hydrogen-bond donors (Lipinski definition) is 1. The van der Waals surface area contributed by atoms with E-state index >= 15 is 0 Å². The highest BCUT2D eigenvalue weighted by Gasteiger charge is 2.23. The zero-order chi connectivity index (χ0) is 14.1. The van der Waals surface area contributed by atoms with Gasteiger partial charge in [-0.3, -0.25) is 9.97 Å². The predicted molar refractivity (Wildman–Crippen MR) is 85.9 cm³/mol. The summed E-state index contributed by atoms with van der Waals surface area (Å²) in [6.07, 6.45) is 8.21. The van der Waals surface area contributed by atoms with Crippen LogP contribution in [0.2, 0.25) is 0 Å². The molecule has 2 heterocycles. The summed E-state index contributed by atoms with van der Waals surface area (Å²) in [6, 6.07) is 4.99. The number of nitrogens with zero attached hydrogens (tertiary/aromatic N) is 3. The van der Waals surface area contributed by atoms with Crippen molar-refractivity contribution < 1.29 is 0 Å². The first-order chi connectivity index (χ1) is 9.65. The fourth-order valence-corrected chi connectivity index (χ4v) is 3.28. The molecule has 0 unspecified atom stereocenters. The molecule has 1 aliphatic rings. The van der Waals surface area contributed by atoms with Crippen molar-refractivity contribution in [3.8, 4) is 0 Å². The third-order valence-electron chi connectivity index (χ3n) is 4.19. The van der Waals surface area contributed by atoms with Crippen molar-refractivity contribution in [2.75, 3.05) is 11.9 Å². The van der Waals surface area contributed by atoms with E-state index in [0.717, 1.165) is 46.9 Å². The molecule has 1 fully saturated rings. The van der Waals surface area contributed by atoms with Gasteiger partial charge in [-0.05, 0) is 53.7 Å². The molecule has 0 spiro atoms. The Balaban J connectivity index is 1.93. The lowest BCUT2D eigenvalue weighted by molar-refractivity contribution is 0.385. The van der Waals surface area contributed by atoms with Crippen LogP contribution in [-0.4, -0.2) is 29.1 Å². The van der Waals surface area contributed by atoms with E-state index < -0.39 is 0 Å². The molecule has 4 nitrogen and oxygen atoms in total. The SMILES string of the molecule is CN(c1ccnc2cc(Br)cnc12)C1CCC(N)CC1. The lowest BCUT2D eigenvalue weighted by Gasteiger charge is -2.35. The molecule has 0 radical (unpaired) electrons. The normalized spacial score (nSPS) is 22.9.